The Labute approximate surface area is 124 Å². The van der Waals surface area contributed by atoms with Gasteiger partial charge in [0.25, 0.3) is 10.2 Å². The number of hydrogen-bond acceptors (Lipinski definition) is 3. The zero-order chi connectivity index (χ0) is 13.8. The van der Waals surface area contributed by atoms with E-state index in [2.05, 4.69) is 20.7 Å². The molecule has 2 aliphatic rings. The van der Waals surface area contributed by atoms with Crippen molar-refractivity contribution in [1.82, 2.24) is 9.03 Å². The van der Waals surface area contributed by atoms with Crippen LogP contribution in [0.4, 0.5) is 0 Å². The summed E-state index contributed by atoms with van der Waals surface area (Å²) in [6, 6.07) is 0. The first-order chi connectivity index (χ1) is 9.08. The summed E-state index contributed by atoms with van der Waals surface area (Å²) in [4.78, 5) is 0. The molecule has 0 aromatic rings. The molecule has 0 amide bonds. The van der Waals surface area contributed by atoms with Crippen LogP contribution in [0, 0.1) is 0 Å². The molecular weight excluding hydrogens is 332 g/mol. The van der Waals surface area contributed by atoms with Crippen molar-refractivity contribution in [2.24, 2.45) is 0 Å². The summed E-state index contributed by atoms with van der Waals surface area (Å²) in [5.74, 6) is 0. The smallest absolute Gasteiger partial charge is 0.279 e. The third kappa shape index (κ3) is 4.14. The summed E-state index contributed by atoms with van der Waals surface area (Å²) >= 11 is 3.46. The summed E-state index contributed by atoms with van der Waals surface area (Å²) in [5.41, 5.74) is -0.386. The number of alkyl halides is 1. The van der Waals surface area contributed by atoms with Crippen LogP contribution in [-0.4, -0.2) is 49.9 Å². The van der Waals surface area contributed by atoms with Crippen molar-refractivity contribution >= 4 is 26.1 Å². The van der Waals surface area contributed by atoms with E-state index in [4.69, 9.17) is 4.74 Å². The lowest BCUT2D eigenvalue weighted by Gasteiger charge is -2.37. The van der Waals surface area contributed by atoms with Gasteiger partial charge < -0.3 is 4.74 Å². The van der Waals surface area contributed by atoms with Gasteiger partial charge in [0.05, 0.1) is 0 Å². The van der Waals surface area contributed by atoms with E-state index < -0.39 is 10.2 Å². The van der Waals surface area contributed by atoms with E-state index in [1.165, 1.54) is 0 Å². The van der Waals surface area contributed by atoms with E-state index in [1.807, 2.05) is 0 Å². The molecule has 2 heterocycles. The lowest BCUT2D eigenvalue weighted by molar-refractivity contribution is 0.0551. The summed E-state index contributed by atoms with van der Waals surface area (Å²) in [7, 11) is -3.38. The first-order valence-corrected chi connectivity index (χ1v) is 9.57. The van der Waals surface area contributed by atoms with Crippen LogP contribution in [0.3, 0.4) is 0 Å². The molecular formula is C12H23BrN2O3S. The quantitative estimate of drug-likeness (QED) is 0.780. The first kappa shape index (κ1) is 15.7. The highest BCUT2D eigenvalue weighted by Gasteiger charge is 2.37. The third-order valence-corrected chi connectivity index (χ3v) is 6.77. The van der Waals surface area contributed by atoms with Crippen LogP contribution in [0.2, 0.25) is 0 Å². The number of nitrogens with one attached hydrogen (secondary N) is 1. The predicted octanol–water partition coefficient (Wildman–Crippen LogP) is 1.64. The lowest BCUT2D eigenvalue weighted by Crippen LogP contribution is -2.57. The van der Waals surface area contributed by atoms with Gasteiger partial charge in [-0.15, -0.1) is 0 Å². The van der Waals surface area contributed by atoms with Gasteiger partial charge in [0, 0.05) is 37.2 Å². The third-order valence-electron chi connectivity index (χ3n) is 3.96. The van der Waals surface area contributed by atoms with E-state index in [1.54, 1.807) is 4.31 Å². The molecule has 112 valence electrons. The topological polar surface area (TPSA) is 58.6 Å². The number of hydrogen-bond donors (Lipinski definition) is 1. The summed E-state index contributed by atoms with van der Waals surface area (Å²) < 4.78 is 34.9. The maximum atomic E-state index is 12.5. The van der Waals surface area contributed by atoms with Crippen LogP contribution in [-0.2, 0) is 14.9 Å². The van der Waals surface area contributed by atoms with Crippen molar-refractivity contribution in [1.29, 1.82) is 0 Å². The molecule has 0 aliphatic carbocycles. The minimum atomic E-state index is -3.38. The fraction of sp³-hybridized carbons (Fsp3) is 1.00. The van der Waals surface area contributed by atoms with Gasteiger partial charge in [0.15, 0.2) is 0 Å². The SMILES string of the molecule is O=S(=O)(NC1(CBr)CCOCC1)N1CCCCCC1. The molecule has 0 bridgehead atoms. The van der Waals surface area contributed by atoms with Crippen molar-refractivity contribution in [3.63, 3.8) is 0 Å². The zero-order valence-electron chi connectivity index (χ0n) is 11.2. The summed E-state index contributed by atoms with van der Waals surface area (Å²) in [6.07, 6.45) is 5.64. The highest BCUT2D eigenvalue weighted by molar-refractivity contribution is 9.09. The van der Waals surface area contributed by atoms with Crippen LogP contribution >= 0.6 is 15.9 Å². The molecule has 0 saturated carbocycles. The minimum absolute atomic E-state index is 0.386. The van der Waals surface area contributed by atoms with Crippen molar-refractivity contribution < 1.29 is 13.2 Å². The van der Waals surface area contributed by atoms with E-state index in [0.717, 1.165) is 38.5 Å². The van der Waals surface area contributed by atoms with Gasteiger partial charge in [-0.1, -0.05) is 28.8 Å². The van der Waals surface area contributed by atoms with E-state index in [9.17, 15) is 8.42 Å². The Bertz CT molecular complexity index is 374. The largest absolute Gasteiger partial charge is 0.381 e. The minimum Gasteiger partial charge on any atom is -0.381 e. The molecule has 2 fully saturated rings. The predicted molar refractivity (Wildman–Crippen MR) is 78.7 cm³/mol. The van der Waals surface area contributed by atoms with E-state index in [0.29, 0.717) is 31.6 Å². The van der Waals surface area contributed by atoms with Gasteiger partial charge in [-0.3, -0.25) is 0 Å². The standard InChI is InChI=1S/C12H23BrN2O3S/c13-11-12(5-9-18-10-6-12)14-19(16,17)15-7-3-1-2-4-8-15/h14H,1-11H2. The zero-order valence-corrected chi connectivity index (χ0v) is 13.6. The van der Waals surface area contributed by atoms with Gasteiger partial charge in [0.2, 0.25) is 0 Å². The molecule has 0 radical (unpaired) electrons. The van der Waals surface area contributed by atoms with Gasteiger partial charge in [-0.25, -0.2) is 0 Å². The van der Waals surface area contributed by atoms with Gasteiger partial charge in [-0.05, 0) is 25.7 Å². The molecule has 2 rings (SSSR count). The molecule has 0 aromatic heterocycles. The number of halogens is 1. The second kappa shape index (κ2) is 6.85. The molecule has 2 aliphatic heterocycles. The molecule has 19 heavy (non-hydrogen) atoms. The molecule has 0 spiro atoms. The second-order valence-corrected chi connectivity index (χ2v) is 7.68. The van der Waals surface area contributed by atoms with Crippen molar-refractivity contribution in [3.8, 4) is 0 Å². The fourth-order valence-corrected chi connectivity index (χ4v) is 5.22. The van der Waals surface area contributed by atoms with Crippen LogP contribution in [0.25, 0.3) is 0 Å². The molecule has 1 N–H and O–H groups in total. The lowest BCUT2D eigenvalue weighted by atomic mass is 9.94. The Kier molecular flexibility index (Phi) is 5.65. The van der Waals surface area contributed by atoms with Crippen molar-refractivity contribution in [3.05, 3.63) is 0 Å². The molecule has 0 atom stereocenters. The van der Waals surface area contributed by atoms with Crippen LogP contribution in [0.5, 0.6) is 0 Å². The van der Waals surface area contributed by atoms with Crippen molar-refractivity contribution in [2.75, 3.05) is 31.6 Å². The van der Waals surface area contributed by atoms with Gasteiger partial charge in [-0.2, -0.15) is 17.4 Å². The summed E-state index contributed by atoms with van der Waals surface area (Å²) in [6.45, 7) is 2.52. The number of nitrogens with zero attached hydrogens (tertiary/aromatic N) is 1. The average molecular weight is 355 g/mol. The second-order valence-electron chi connectivity index (χ2n) is 5.45. The Morgan fingerprint density at radius 3 is 2.21 bits per heavy atom. The average Bonchev–Trinajstić information content (AvgIpc) is 2.69. The highest BCUT2D eigenvalue weighted by Crippen LogP contribution is 2.25. The normalized spacial score (nSPS) is 25.9. The fourth-order valence-electron chi connectivity index (χ4n) is 2.65. The summed E-state index contributed by atoms with van der Waals surface area (Å²) in [5, 5.41) is 0.635. The maximum absolute atomic E-state index is 12.5. The first-order valence-electron chi connectivity index (χ1n) is 7.01. The maximum Gasteiger partial charge on any atom is 0.279 e. The molecule has 7 heteroatoms. The Hall–Kier alpha value is 0.310. The van der Waals surface area contributed by atoms with Crippen LogP contribution < -0.4 is 4.72 Å². The molecule has 5 nitrogen and oxygen atoms in total. The molecule has 0 unspecified atom stereocenters. The number of rotatable bonds is 4. The van der Waals surface area contributed by atoms with E-state index >= 15 is 0 Å². The molecule has 0 aromatic carbocycles. The Morgan fingerprint density at radius 2 is 1.68 bits per heavy atom. The Balaban J connectivity index is 2.05. The number of ether oxygens (including phenoxy) is 1. The van der Waals surface area contributed by atoms with Gasteiger partial charge in [0.1, 0.15) is 0 Å². The van der Waals surface area contributed by atoms with Gasteiger partial charge >= 0.3 is 0 Å². The highest BCUT2D eigenvalue weighted by atomic mass is 79.9. The monoisotopic (exact) mass is 354 g/mol. The van der Waals surface area contributed by atoms with Crippen LogP contribution in [0.1, 0.15) is 38.5 Å². The van der Waals surface area contributed by atoms with Crippen molar-refractivity contribution in [2.45, 2.75) is 44.1 Å². The van der Waals surface area contributed by atoms with Crippen LogP contribution in [0.15, 0.2) is 0 Å². The van der Waals surface area contributed by atoms with E-state index in [-0.39, 0.29) is 5.54 Å². The Morgan fingerprint density at radius 1 is 1.11 bits per heavy atom. The molecule has 2 saturated heterocycles.